The van der Waals surface area contributed by atoms with Crippen LogP contribution in [0.25, 0.3) is 0 Å². The lowest BCUT2D eigenvalue weighted by atomic mass is 10.1. The van der Waals surface area contributed by atoms with Crippen molar-refractivity contribution >= 4 is 11.6 Å². The van der Waals surface area contributed by atoms with Crippen molar-refractivity contribution in [1.82, 2.24) is 0 Å². The molecule has 0 aliphatic rings. The van der Waals surface area contributed by atoms with Crippen LogP contribution in [0.5, 0.6) is 5.75 Å². The number of benzene rings is 1. The Morgan fingerprint density at radius 2 is 2.14 bits per heavy atom. The van der Waals surface area contributed by atoms with E-state index < -0.39 is 24.9 Å². The second kappa shape index (κ2) is 7.55. The number of hydrogen-bond donors (Lipinski definition) is 2. The number of aliphatic hydroxyl groups is 1. The molecule has 7 heteroatoms. The van der Waals surface area contributed by atoms with Gasteiger partial charge < -0.3 is 15.2 Å². The van der Waals surface area contributed by atoms with E-state index in [1.807, 2.05) is 0 Å². The summed E-state index contributed by atoms with van der Waals surface area (Å²) in [6.45, 7) is -0.320. The van der Waals surface area contributed by atoms with Gasteiger partial charge in [-0.05, 0) is 18.2 Å². The van der Waals surface area contributed by atoms with Gasteiger partial charge >= 0.3 is 6.18 Å². The Hall–Kier alpha value is -2.20. The van der Waals surface area contributed by atoms with Crippen LogP contribution in [0.15, 0.2) is 18.2 Å². The van der Waals surface area contributed by atoms with E-state index in [0.29, 0.717) is 11.3 Å². The largest absolute Gasteiger partial charge is 0.495 e. The van der Waals surface area contributed by atoms with Crippen LogP contribution in [0, 0.1) is 11.8 Å². The second-order valence-corrected chi connectivity index (χ2v) is 4.04. The third-order valence-corrected chi connectivity index (χ3v) is 2.42. The molecule has 1 amide bonds. The number of amides is 1. The normalized spacial score (nSPS) is 10.5. The molecule has 0 saturated heterocycles. The fourth-order valence-electron chi connectivity index (χ4n) is 1.49. The Kier molecular flexibility index (Phi) is 6.06. The van der Waals surface area contributed by atoms with Crippen molar-refractivity contribution in [2.24, 2.45) is 0 Å². The van der Waals surface area contributed by atoms with Crippen LogP contribution in [-0.2, 0) is 4.79 Å². The number of nitrogens with one attached hydrogen (secondary N) is 1. The molecule has 1 aromatic rings. The van der Waals surface area contributed by atoms with Crippen LogP contribution in [0.3, 0.4) is 0 Å². The van der Waals surface area contributed by atoms with Crippen molar-refractivity contribution in [3.63, 3.8) is 0 Å². The van der Waals surface area contributed by atoms with E-state index in [1.54, 1.807) is 6.07 Å². The molecular formula is C14H14F3NO3. The average Bonchev–Trinajstić information content (AvgIpc) is 2.42. The lowest BCUT2D eigenvalue weighted by Gasteiger charge is -2.11. The molecule has 0 aliphatic heterocycles. The Morgan fingerprint density at radius 3 is 2.71 bits per heavy atom. The molecule has 114 valence electrons. The number of aliphatic hydroxyl groups excluding tert-OH is 1. The minimum Gasteiger partial charge on any atom is -0.495 e. The zero-order valence-electron chi connectivity index (χ0n) is 11.3. The SMILES string of the molecule is COc1ccc(C#CCO)cc1NC(=O)CCC(F)(F)F. The Labute approximate surface area is 119 Å². The summed E-state index contributed by atoms with van der Waals surface area (Å²) in [6, 6.07) is 4.60. The topological polar surface area (TPSA) is 58.6 Å². The number of methoxy groups -OCH3 is 1. The van der Waals surface area contributed by atoms with Gasteiger partial charge in [-0.2, -0.15) is 13.2 Å². The molecule has 0 aliphatic carbocycles. The summed E-state index contributed by atoms with van der Waals surface area (Å²) in [5, 5.41) is 11.0. The number of halogens is 3. The van der Waals surface area contributed by atoms with Crippen LogP contribution < -0.4 is 10.1 Å². The van der Waals surface area contributed by atoms with Crippen LogP contribution in [0.2, 0.25) is 0 Å². The van der Waals surface area contributed by atoms with Gasteiger partial charge in [0.2, 0.25) is 5.91 Å². The molecule has 2 N–H and O–H groups in total. The number of ether oxygens (including phenoxy) is 1. The summed E-state index contributed by atoms with van der Waals surface area (Å²) in [6.07, 6.45) is -6.24. The number of carbonyl (C=O) groups excluding carboxylic acids is 1. The number of hydrogen-bond acceptors (Lipinski definition) is 3. The number of rotatable bonds is 4. The smallest absolute Gasteiger partial charge is 0.389 e. The molecule has 21 heavy (non-hydrogen) atoms. The third kappa shape index (κ3) is 6.19. The average molecular weight is 301 g/mol. The van der Waals surface area contributed by atoms with Crippen molar-refractivity contribution in [2.75, 3.05) is 19.0 Å². The van der Waals surface area contributed by atoms with E-state index in [4.69, 9.17) is 9.84 Å². The highest BCUT2D eigenvalue weighted by Gasteiger charge is 2.28. The Balaban J connectivity index is 2.82. The highest BCUT2D eigenvalue weighted by Crippen LogP contribution is 2.26. The zero-order chi connectivity index (χ0) is 15.9. The summed E-state index contributed by atoms with van der Waals surface area (Å²) in [4.78, 5) is 11.5. The highest BCUT2D eigenvalue weighted by molar-refractivity contribution is 5.92. The molecule has 1 rings (SSSR count). The van der Waals surface area contributed by atoms with Crippen molar-refractivity contribution in [1.29, 1.82) is 0 Å². The molecule has 0 aromatic heterocycles. The Bertz CT molecular complexity index is 559. The van der Waals surface area contributed by atoms with E-state index in [9.17, 15) is 18.0 Å². The summed E-state index contributed by atoms with van der Waals surface area (Å²) in [5.74, 6) is 4.60. The molecule has 4 nitrogen and oxygen atoms in total. The van der Waals surface area contributed by atoms with Crippen LogP contribution in [0.4, 0.5) is 18.9 Å². The third-order valence-electron chi connectivity index (χ3n) is 2.42. The highest BCUT2D eigenvalue weighted by atomic mass is 19.4. The molecule has 0 saturated carbocycles. The first kappa shape index (κ1) is 16.9. The number of alkyl halides is 3. The van der Waals surface area contributed by atoms with Gasteiger partial charge in [-0.25, -0.2) is 0 Å². The van der Waals surface area contributed by atoms with Crippen molar-refractivity contribution in [3.05, 3.63) is 23.8 Å². The van der Waals surface area contributed by atoms with Crippen LogP contribution in [-0.4, -0.2) is 30.9 Å². The van der Waals surface area contributed by atoms with Gasteiger partial charge in [0, 0.05) is 12.0 Å². The van der Waals surface area contributed by atoms with Gasteiger partial charge in [0.25, 0.3) is 0 Å². The van der Waals surface area contributed by atoms with Gasteiger partial charge in [0.05, 0.1) is 19.2 Å². The minimum absolute atomic E-state index is 0.231. The molecule has 0 bridgehead atoms. The monoisotopic (exact) mass is 301 g/mol. The molecular weight excluding hydrogens is 287 g/mol. The fourth-order valence-corrected chi connectivity index (χ4v) is 1.49. The predicted molar refractivity (Wildman–Crippen MR) is 70.9 cm³/mol. The zero-order valence-corrected chi connectivity index (χ0v) is 11.3. The van der Waals surface area contributed by atoms with Gasteiger partial charge in [-0.1, -0.05) is 11.8 Å². The van der Waals surface area contributed by atoms with E-state index in [2.05, 4.69) is 17.2 Å². The maximum Gasteiger partial charge on any atom is 0.389 e. The summed E-state index contributed by atoms with van der Waals surface area (Å²) < 4.78 is 41.2. The minimum atomic E-state index is -4.38. The van der Waals surface area contributed by atoms with Crippen molar-refractivity contribution in [3.8, 4) is 17.6 Å². The van der Waals surface area contributed by atoms with Crippen molar-refractivity contribution < 1.29 is 27.8 Å². The molecule has 0 heterocycles. The first-order chi connectivity index (χ1) is 9.85. The van der Waals surface area contributed by atoms with Gasteiger partial charge in [-0.15, -0.1) is 0 Å². The van der Waals surface area contributed by atoms with E-state index in [0.717, 1.165) is 0 Å². The predicted octanol–water partition coefficient (Wildman–Crippen LogP) is 2.32. The van der Waals surface area contributed by atoms with Gasteiger partial charge in [-0.3, -0.25) is 4.79 Å². The maximum absolute atomic E-state index is 12.1. The molecule has 0 atom stereocenters. The first-order valence-electron chi connectivity index (χ1n) is 6.00. The summed E-state index contributed by atoms with van der Waals surface area (Å²) in [5.41, 5.74) is 0.727. The molecule has 0 unspecified atom stereocenters. The first-order valence-corrected chi connectivity index (χ1v) is 6.00. The summed E-state index contributed by atoms with van der Waals surface area (Å²) in [7, 11) is 1.37. The fraction of sp³-hybridized carbons (Fsp3) is 0.357. The quantitative estimate of drug-likeness (QED) is 0.839. The second-order valence-electron chi connectivity index (χ2n) is 4.04. The van der Waals surface area contributed by atoms with E-state index in [1.165, 1.54) is 19.2 Å². The number of anilines is 1. The maximum atomic E-state index is 12.1. The van der Waals surface area contributed by atoms with Gasteiger partial charge in [0.15, 0.2) is 0 Å². The molecule has 0 spiro atoms. The molecule has 1 aromatic carbocycles. The lowest BCUT2D eigenvalue weighted by Crippen LogP contribution is -2.17. The van der Waals surface area contributed by atoms with Gasteiger partial charge in [0.1, 0.15) is 12.4 Å². The van der Waals surface area contributed by atoms with Crippen molar-refractivity contribution in [2.45, 2.75) is 19.0 Å². The summed E-state index contributed by atoms with van der Waals surface area (Å²) >= 11 is 0. The van der Waals surface area contributed by atoms with Crippen LogP contribution in [0.1, 0.15) is 18.4 Å². The van der Waals surface area contributed by atoms with E-state index >= 15 is 0 Å². The Morgan fingerprint density at radius 1 is 1.43 bits per heavy atom. The lowest BCUT2D eigenvalue weighted by molar-refractivity contribution is -0.142. The molecule has 0 fully saturated rings. The number of carbonyl (C=O) groups is 1. The standard InChI is InChI=1S/C14H14F3NO3/c1-21-12-5-4-10(3-2-8-19)9-11(12)18-13(20)6-7-14(15,16)17/h4-5,9,19H,6-8H2,1H3,(H,18,20). The van der Waals surface area contributed by atoms with E-state index in [-0.39, 0.29) is 12.3 Å². The molecule has 0 radical (unpaired) electrons. The van der Waals surface area contributed by atoms with Crippen LogP contribution >= 0.6 is 0 Å².